The maximum atomic E-state index is 12.8. The molecule has 198 valence electrons. The van der Waals surface area contributed by atoms with Crippen LogP contribution in [0.5, 0.6) is 11.5 Å². The number of aliphatic hydroxyl groups is 2. The van der Waals surface area contributed by atoms with Crippen molar-refractivity contribution >= 4 is 11.9 Å². The number of fused-ring (bicyclic) bond motifs is 1. The SMILES string of the molecule is CO[C@@H]1O[C@@H]2COC(c3ccc(OC(=O)c4ccccc4)c(OC(=O)c4ccccc4)c3)O[C@H]2[C@H](O)[C@@H]1O. The Labute approximate surface area is 218 Å². The van der Waals surface area contributed by atoms with Gasteiger partial charge in [-0.3, -0.25) is 0 Å². The summed E-state index contributed by atoms with van der Waals surface area (Å²) in [6.45, 7) is 0.0445. The first-order chi connectivity index (χ1) is 18.4. The number of benzene rings is 3. The van der Waals surface area contributed by atoms with Crippen LogP contribution in [0.2, 0.25) is 0 Å². The van der Waals surface area contributed by atoms with Crippen LogP contribution in [-0.4, -0.2) is 66.6 Å². The molecule has 2 saturated heterocycles. The highest BCUT2D eigenvalue weighted by molar-refractivity contribution is 5.93. The van der Waals surface area contributed by atoms with Crippen molar-refractivity contribution in [1.29, 1.82) is 0 Å². The van der Waals surface area contributed by atoms with Crippen LogP contribution >= 0.6 is 0 Å². The number of hydrogen-bond donors (Lipinski definition) is 2. The van der Waals surface area contributed by atoms with E-state index in [0.29, 0.717) is 16.7 Å². The highest BCUT2D eigenvalue weighted by Gasteiger charge is 2.49. The molecular formula is C28H26O10. The second-order valence-electron chi connectivity index (χ2n) is 8.74. The molecule has 0 bridgehead atoms. The zero-order chi connectivity index (χ0) is 26.6. The van der Waals surface area contributed by atoms with Gasteiger partial charge in [0.05, 0.1) is 17.7 Å². The van der Waals surface area contributed by atoms with E-state index in [1.807, 2.05) is 0 Å². The average molecular weight is 523 g/mol. The zero-order valence-corrected chi connectivity index (χ0v) is 20.3. The predicted molar refractivity (Wildman–Crippen MR) is 130 cm³/mol. The van der Waals surface area contributed by atoms with Gasteiger partial charge in [-0.15, -0.1) is 0 Å². The van der Waals surface area contributed by atoms with Crippen LogP contribution in [0.1, 0.15) is 32.6 Å². The van der Waals surface area contributed by atoms with E-state index in [0.717, 1.165) is 0 Å². The third-order valence-corrected chi connectivity index (χ3v) is 6.23. The molecule has 1 unspecified atom stereocenters. The first-order valence-corrected chi connectivity index (χ1v) is 11.9. The van der Waals surface area contributed by atoms with Gasteiger partial charge in [0.2, 0.25) is 0 Å². The van der Waals surface area contributed by atoms with Crippen molar-refractivity contribution in [3.63, 3.8) is 0 Å². The summed E-state index contributed by atoms with van der Waals surface area (Å²) in [5, 5.41) is 20.8. The van der Waals surface area contributed by atoms with Crippen LogP contribution in [0.15, 0.2) is 78.9 Å². The zero-order valence-electron chi connectivity index (χ0n) is 20.3. The lowest BCUT2D eigenvalue weighted by Crippen LogP contribution is -2.62. The number of aliphatic hydroxyl groups excluding tert-OH is 2. The first-order valence-electron chi connectivity index (χ1n) is 11.9. The predicted octanol–water partition coefficient (Wildman–Crippen LogP) is 2.63. The number of ether oxygens (including phenoxy) is 6. The maximum Gasteiger partial charge on any atom is 0.343 e. The van der Waals surface area contributed by atoms with E-state index in [4.69, 9.17) is 28.4 Å². The monoisotopic (exact) mass is 522 g/mol. The smallest absolute Gasteiger partial charge is 0.343 e. The Balaban J connectivity index is 1.40. The Kier molecular flexibility index (Phi) is 7.79. The summed E-state index contributed by atoms with van der Waals surface area (Å²) in [6.07, 6.45) is -6.18. The molecule has 6 atom stereocenters. The lowest BCUT2D eigenvalue weighted by molar-refractivity contribution is -0.358. The molecule has 10 heteroatoms. The summed E-state index contributed by atoms with van der Waals surface area (Å²) in [7, 11) is 1.36. The molecule has 0 saturated carbocycles. The Morgan fingerprint density at radius 1 is 0.789 bits per heavy atom. The van der Waals surface area contributed by atoms with Crippen LogP contribution in [0, 0.1) is 0 Å². The summed E-state index contributed by atoms with van der Waals surface area (Å²) in [5.74, 6) is -1.31. The number of rotatable bonds is 6. The molecule has 0 amide bonds. The number of methoxy groups -OCH3 is 1. The molecule has 3 aromatic rings. The molecule has 5 rings (SSSR count). The molecule has 2 heterocycles. The van der Waals surface area contributed by atoms with Gasteiger partial charge in [-0.25, -0.2) is 9.59 Å². The van der Waals surface area contributed by atoms with Crippen molar-refractivity contribution in [1.82, 2.24) is 0 Å². The summed E-state index contributed by atoms with van der Waals surface area (Å²) >= 11 is 0. The largest absolute Gasteiger partial charge is 0.419 e. The fourth-order valence-corrected chi connectivity index (χ4v) is 4.24. The third kappa shape index (κ3) is 5.46. The van der Waals surface area contributed by atoms with Crippen LogP contribution in [0.3, 0.4) is 0 Å². The second-order valence-corrected chi connectivity index (χ2v) is 8.74. The van der Waals surface area contributed by atoms with Gasteiger partial charge in [-0.2, -0.15) is 0 Å². The van der Waals surface area contributed by atoms with Crippen LogP contribution in [0.25, 0.3) is 0 Å². The van der Waals surface area contributed by atoms with E-state index >= 15 is 0 Å². The summed E-state index contributed by atoms with van der Waals surface area (Å²) in [6, 6.07) is 21.3. The molecule has 2 N–H and O–H groups in total. The van der Waals surface area contributed by atoms with E-state index < -0.39 is 48.9 Å². The fourth-order valence-electron chi connectivity index (χ4n) is 4.24. The van der Waals surface area contributed by atoms with Gasteiger partial charge in [0, 0.05) is 12.7 Å². The van der Waals surface area contributed by atoms with Gasteiger partial charge < -0.3 is 38.6 Å². The number of carbonyl (C=O) groups excluding carboxylic acids is 2. The number of esters is 2. The molecule has 0 aliphatic carbocycles. The molecule has 2 fully saturated rings. The molecule has 0 aromatic heterocycles. The van der Waals surface area contributed by atoms with Gasteiger partial charge in [0.25, 0.3) is 0 Å². The Bertz CT molecular complexity index is 1260. The molecule has 2 aliphatic rings. The lowest BCUT2D eigenvalue weighted by Gasteiger charge is -2.45. The molecule has 3 aromatic carbocycles. The summed E-state index contributed by atoms with van der Waals surface area (Å²) < 4.78 is 33.6. The highest BCUT2D eigenvalue weighted by Crippen LogP contribution is 2.38. The van der Waals surface area contributed by atoms with Crippen molar-refractivity contribution in [3.05, 3.63) is 95.6 Å². The normalized spacial score (nSPS) is 26.7. The molecule has 2 aliphatic heterocycles. The van der Waals surface area contributed by atoms with Gasteiger partial charge in [0.1, 0.15) is 24.4 Å². The van der Waals surface area contributed by atoms with Crippen LogP contribution < -0.4 is 9.47 Å². The van der Waals surface area contributed by atoms with Gasteiger partial charge in [-0.05, 0) is 42.5 Å². The quantitative estimate of drug-likeness (QED) is 0.368. The molecule has 0 spiro atoms. The van der Waals surface area contributed by atoms with E-state index in [-0.39, 0.29) is 18.1 Å². The minimum atomic E-state index is -1.32. The van der Waals surface area contributed by atoms with E-state index in [9.17, 15) is 19.8 Å². The van der Waals surface area contributed by atoms with Gasteiger partial charge in [-0.1, -0.05) is 36.4 Å². The average Bonchev–Trinajstić information content (AvgIpc) is 2.96. The molecule has 10 nitrogen and oxygen atoms in total. The van der Waals surface area contributed by atoms with Crippen molar-refractivity contribution < 1.29 is 48.2 Å². The molecular weight excluding hydrogens is 496 g/mol. The third-order valence-electron chi connectivity index (χ3n) is 6.23. The minimum absolute atomic E-state index is 0.0139. The highest BCUT2D eigenvalue weighted by atomic mass is 16.7. The van der Waals surface area contributed by atoms with Gasteiger partial charge >= 0.3 is 11.9 Å². The topological polar surface area (TPSA) is 130 Å². The summed E-state index contributed by atoms with van der Waals surface area (Å²) in [4.78, 5) is 25.5. The van der Waals surface area contributed by atoms with Crippen LogP contribution in [0.4, 0.5) is 0 Å². The van der Waals surface area contributed by atoms with Crippen molar-refractivity contribution in [2.24, 2.45) is 0 Å². The Morgan fingerprint density at radius 2 is 1.39 bits per heavy atom. The minimum Gasteiger partial charge on any atom is -0.419 e. The van der Waals surface area contributed by atoms with Gasteiger partial charge in [0.15, 0.2) is 24.1 Å². The first kappa shape index (κ1) is 26.0. The van der Waals surface area contributed by atoms with E-state index in [1.165, 1.54) is 19.2 Å². The fraction of sp³-hybridized carbons (Fsp3) is 0.286. The Morgan fingerprint density at radius 3 is 2.00 bits per heavy atom. The molecule has 0 radical (unpaired) electrons. The summed E-state index contributed by atoms with van der Waals surface area (Å²) in [5.41, 5.74) is 1.05. The maximum absolute atomic E-state index is 12.8. The number of hydrogen-bond acceptors (Lipinski definition) is 10. The second kappa shape index (κ2) is 11.4. The van der Waals surface area contributed by atoms with Crippen LogP contribution in [-0.2, 0) is 18.9 Å². The van der Waals surface area contributed by atoms with Crippen molar-refractivity contribution in [2.75, 3.05) is 13.7 Å². The van der Waals surface area contributed by atoms with Crippen molar-refractivity contribution in [2.45, 2.75) is 37.0 Å². The lowest BCUT2D eigenvalue weighted by atomic mass is 9.98. The Hall–Kier alpha value is -3.64. The molecule has 38 heavy (non-hydrogen) atoms. The van der Waals surface area contributed by atoms with Crippen molar-refractivity contribution in [3.8, 4) is 11.5 Å². The standard InChI is InChI=1S/C28H26O10/c1-33-28-23(30)22(29)24-21(37-28)15-34-27(38-24)18-12-13-19(35-25(31)16-8-4-2-5-9-16)20(14-18)36-26(32)17-10-6-3-7-11-17/h2-14,21-24,27-30H,15H2,1H3/t21-,22-,23+,24-,27?,28-/m1/s1. The van der Waals surface area contributed by atoms with E-state index in [1.54, 1.807) is 66.7 Å². The van der Waals surface area contributed by atoms with E-state index in [2.05, 4.69) is 0 Å². The number of carbonyl (C=O) groups is 2.